The molecule has 1 aliphatic rings. The molecule has 0 aromatic rings. The fourth-order valence-electron chi connectivity index (χ4n) is 2.85. The summed E-state index contributed by atoms with van der Waals surface area (Å²) >= 11 is 0. The van der Waals surface area contributed by atoms with E-state index < -0.39 is 20.2 Å². The molecule has 3 N–H and O–H groups in total. The highest BCUT2D eigenvalue weighted by Crippen LogP contribution is 2.19. The van der Waals surface area contributed by atoms with Crippen molar-refractivity contribution in [2.24, 2.45) is 4.99 Å². The molecule has 0 heterocycles. The summed E-state index contributed by atoms with van der Waals surface area (Å²) in [6.45, 7) is 11.0. The van der Waals surface area contributed by atoms with Gasteiger partial charge in [-0.2, -0.15) is 0 Å². The van der Waals surface area contributed by atoms with Gasteiger partial charge in [-0.3, -0.25) is 4.99 Å². The van der Waals surface area contributed by atoms with Crippen molar-refractivity contribution in [1.82, 2.24) is 16.0 Å². The molecule has 10 heteroatoms. The van der Waals surface area contributed by atoms with E-state index in [9.17, 15) is 13.2 Å². The second kappa shape index (κ2) is 11.6. The molecule has 1 rings (SSSR count). The molecule has 8 nitrogen and oxygen atoms in total. The van der Waals surface area contributed by atoms with E-state index in [4.69, 9.17) is 4.74 Å². The minimum absolute atomic E-state index is 0. The molecule has 0 aromatic heterocycles. The van der Waals surface area contributed by atoms with E-state index in [-0.39, 0.29) is 47.9 Å². The van der Waals surface area contributed by atoms with Crippen molar-refractivity contribution in [2.45, 2.75) is 89.7 Å². The summed E-state index contributed by atoms with van der Waals surface area (Å²) in [6, 6.07) is 0.349. The number of carbonyl (C=O) groups is 1. The van der Waals surface area contributed by atoms with Crippen LogP contribution in [0.4, 0.5) is 4.79 Å². The van der Waals surface area contributed by atoms with E-state index in [1.54, 1.807) is 27.8 Å². The summed E-state index contributed by atoms with van der Waals surface area (Å²) in [6.07, 6.45) is 3.11. The van der Waals surface area contributed by atoms with Crippen molar-refractivity contribution in [3.8, 4) is 0 Å². The maximum Gasteiger partial charge on any atom is 0.407 e. The number of amides is 1. The summed E-state index contributed by atoms with van der Waals surface area (Å²) in [7, 11) is -1.49. The van der Waals surface area contributed by atoms with Crippen molar-refractivity contribution in [3.63, 3.8) is 0 Å². The van der Waals surface area contributed by atoms with Gasteiger partial charge >= 0.3 is 6.09 Å². The fraction of sp³-hybridized carbons (Fsp3) is 0.895. The number of guanidine groups is 1. The maximum absolute atomic E-state index is 12.2. The van der Waals surface area contributed by atoms with Crippen molar-refractivity contribution in [3.05, 3.63) is 0 Å². The predicted molar refractivity (Wildman–Crippen MR) is 129 cm³/mol. The van der Waals surface area contributed by atoms with E-state index in [0.29, 0.717) is 12.5 Å². The van der Waals surface area contributed by atoms with Crippen LogP contribution in [0.15, 0.2) is 4.99 Å². The first-order valence-electron chi connectivity index (χ1n) is 9.92. The molecule has 0 bridgehead atoms. The Kier molecular flexibility index (Phi) is 11.3. The van der Waals surface area contributed by atoms with E-state index in [2.05, 4.69) is 20.9 Å². The van der Waals surface area contributed by atoms with Crippen LogP contribution in [0, 0.1) is 0 Å². The highest BCUT2D eigenvalue weighted by Gasteiger charge is 2.29. The number of nitrogens with one attached hydrogen (secondary N) is 3. The van der Waals surface area contributed by atoms with E-state index in [0.717, 1.165) is 25.7 Å². The number of sulfone groups is 1. The lowest BCUT2D eigenvalue weighted by Crippen LogP contribution is -2.49. The third-order valence-corrected chi connectivity index (χ3v) is 7.22. The van der Waals surface area contributed by atoms with Gasteiger partial charge in [0.2, 0.25) is 0 Å². The SMILES string of the molecule is CN=C(NCCS(=O)(=O)C(C)(C)C)NC1CCC(NC(=O)OC(C)(C)C)CC1.I. The lowest BCUT2D eigenvalue weighted by molar-refractivity contribution is 0.0490. The van der Waals surface area contributed by atoms with E-state index >= 15 is 0 Å². The largest absolute Gasteiger partial charge is 0.444 e. The van der Waals surface area contributed by atoms with Crippen LogP contribution in [0.3, 0.4) is 0 Å². The van der Waals surface area contributed by atoms with Gasteiger partial charge in [-0.05, 0) is 67.2 Å². The standard InChI is InChI=1S/C19H38N4O4S.HI/c1-18(2,3)27-17(24)23-15-10-8-14(9-11-15)22-16(20-7)21-12-13-28(25,26)19(4,5)6;/h14-15H,8-13H2,1-7H3,(H,23,24)(H2,20,21,22);1H. The number of alkyl carbamates (subject to hydrolysis) is 1. The lowest BCUT2D eigenvalue weighted by atomic mass is 9.91. The molecule has 0 atom stereocenters. The smallest absolute Gasteiger partial charge is 0.407 e. The zero-order chi connectivity index (χ0) is 21.6. The van der Waals surface area contributed by atoms with E-state index in [1.165, 1.54) is 0 Å². The molecule has 172 valence electrons. The van der Waals surface area contributed by atoms with Gasteiger partial charge in [0.05, 0.1) is 10.5 Å². The van der Waals surface area contributed by atoms with Crippen LogP contribution < -0.4 is 16.0 Å². The Morgan fingerprint density at radius 2 is 1.48 bits per heavy atom. The van der Waals surface area contributed by atoms with Gasteiger partial charge in [-0.25, -0.2) is 13.2 Å². The molecular formula is C19H39IN4O4S. The minimum Gasteiger partial charge on any atom is -0.444 e. The number of halogens is 1. The molecule has 1 fully saturated rings. The van der Waals surface area contributed by atoms with Crippen LogP contribution in [-0.4, -0.2) is 62.2 Å². The van der Waals surface area contributed by atoms with Gasteiger partial charge in [0.15, 0.2) is 15.8 Å². The van der Waals surface area contributed by atoms with Crippen LogP contribution in [0.2, 0.25) is 0 Å². The summed E-state index contributed by atoms with van der Waals surface area (Å²) in [5.41, 5.74) is -0.499. The molecular weight excluding hydrogens is 507 g/mol. The molecule has 0 radical (unpaired) electrons. The molecule has 0 unspecified atom stereocenters. The monoisotopic (exact) mass is 546 g/mol. The quantitative estimate of drug-likeness (QED) is 0.278. The summed E-state index contributed by atoms with van der Waals surface area (Å²) in [5.74, 6) is 0.664. The van der Waals surface area contributed by atoms with Gasteiger partial charge in [-0.1, -0.05) is 0 Å². The predicted octanol–water partition coefficient (Wildman–Crippen LogP) is 2.82. The Morgan fingerprint density at radius 1 is 1.00 bits per heavy atom. The number of carbonyl (C=O) groups excluding carboxylic acids is 1. The molecule has 1 amide bonds. The van der Waals surface area contributed by atoms with Crippen LogP contribution >= 0.6 is 24.0 Å². The molecule has 29 heavy (non-hydrogen) atoms. The first-order chi connectivity index (χ1) is 12.7. The highest BCUT2D eigenvalue weighted by atomic mass is 127. The Morgan fingerprint density at radius 3 is 1.90 bits per heavy atom. The van der Waals surface area contributed by atoms with Crippen LogP contribution in [-0.2, 0) is 14.6 Å². The Balaban J connectivity index is 0.00000784. The average Bonchev–Trinajstić information content (AvgIpc) is 2.52. The lowest BCUT2D eigenvalue weighted by Gasteiger charge is -2.31. The second-order valence-corrected chi connectivity index (χ2v) is 12.1. The third-order valence-electron chi connectivity index (χ3n) is 4.61. The highest BCUT2D eigenvalue weighted by molar-refractivity contribution is 14.0. The molecule has 0 aliphatic heterocycles. The van der Waals surface area contributed by atoms with Crippen molar-refractivity contribution in [2.75, 3.05) is 19.3 Å². The summed E-state index contributed by atoms with van der Waals surface area (Å²) in [4.78, 5) is 16.1. The zero-order valence-electron chi connectivity index (χ0n) is 18.8. The molecule has 1 saturated carbocycles. The van der Waals surface area contributed by atoms with Crippen molar-refractivity contribution < 1.29 is 17.9 Å². The average molecular weight is 547 g/mol. The van der Waals surface area contributed by atoms with Gasteiger partial charge in [0.25, 0.3) is 0 Å². The number of hydrogen-bond donors (Lipinski definition) is 3. The fourth-order valence-corrected chi connectivity index (χ4v) is 3.84. The Labute approximate surface area is 193 Å². The second-order valence-electron chi connectivity index (χ2n) is 9.27. The topological polar surface area (TPSA) is 109 Å². The summed E-state index contributed by atoms with van der Waals surface area (Å²) in [5, 5.41) is 9.35. The third kappa shape index (κ3) is 10.7. The Bertz CT molecular complexity index is 646. The van der Waals surface area contributed by atoms with Gasteiger partial charge in [0.1, 0.15) is 5.60 Å². The van der Waals surface area contributed by atoms with Crippen LogP contribution in [0.1, 0.15) is 67.2 Å². The minimum atomic E-state index is -3.16. The van der Waals surface area contributed by atoms with Crippen molar-refractivity contribution >= 4 is 45.9 Å². The van der Waals surface area contributed by atoms with Crippen LogP contribution in [0.5, 0.6) is 0 Å². The summed E-state index contributed by atoms with van der Waals surface area (Å²) < 4.78 is 28.9. The molecule has 1 aliphatic carbocycles. The first kappa shape index (κ1) is 28.2. The number of nitrogens with zero attached hydrogens (tertiary/aromatic N) is 1. The van der Waals surface area contributed by atoms with Crippen LogP contribution in [0.25, 0.3) is 0 Å². The normalized spacial score (nSPS) is 21.0. The first-order valence-corrected chi connectivity index (χ1v) is 11.6. The van der Waals surface area contributed by atoms with E-state index in [1.807, 2.05) is 20.8 Å². The van der Waals surface area contributed by atoms with Gasteiger partial charge < -0.3 is 20.7 Å². The zero-order valence-corrected chi connectivity index (χ0v) is 21.9. The number of hydrogen-bond acceptors (Lipinski definition) is 5. The Hall–Kier alpha value is -0.780. The molecule has 0 aromatic carbocycles. The maximum atomic E-state index is 12.2. The van der Waals surface area contributed by atoms with Crippen molar-refractivity contribution in [1.29, 1.82) is 0 Å². The molecule has 0 spiro atoms. The number of aliphatic imine (C=N–C) groups is 1. The van der Waals surface area contributed by atoms with Gasteiger partial charge in [0, 0.05) is 25.7 Å². The van der Waals surface area contributed by atoms with Gasteiger partial charge in [-0.15, -0.1) is 24.0 Å². The molecule has 0 saturated heterocycles. The number of rotatable bonds is 5. The number of ether oxygens (including phenoxy) is 1.